The fourth-order valence-electron chi connectivity index (χ4n) is 3.41. The molecule has 1 aliphatic heterocycles. The third kappa shape index (κ3) is 9.87. The highest BCUT2D eigenvalue weighted by Gasteiger charge is 2.31. The van der Waals surface area contributed by atoms with E-state index in [1.165, 1.54) is 0 Å². The van der Waals surface area contributed by atoms with Gasteiger partial charge in [-0.2, -0.15) is 0 Å². The molecule has 1 heterocycles. The van der Waals surface area contributed by atoms with Crippen molar-refractivity contribution in [3.8, 4) is 5.75 Å². The molecule has 1 fully saturated rings. The standard InChI is InChI=1S/C24H34ClNO5/c1-17(2)31-24(29)11-6-4-3-5-10-21-22(26-15-23(21)28)13-12-19(27)16-30-20-9-7-8-18(25)14-20/h3,5,7-9,12-14,17,19,21-23,26-28H,4,6,10-11,15-16H2,1-2H3/b5-3+,13-12+/t19-,21-,22-,23+/m1/s1. The van der Waals surface area contributed by atoms with E-state index in [2.05, 4.69) is 5.32 Å². The van der Waals surface area contributed by atoms with E-state index in [0.29, 0.717) is 30.2 Å². The van der Waals surface area contributed by atoms with Gasteiger partial charge in [-0.05, 0) is 51.3 Å². The molecular weight excluding hydrogens is 418 g/mol. The second-order valence-electron chi connectivity index (χ2n) is 8.02. The number of aliphatic hydroxyl groups is 2. The molecule has 1 aromatic rings. The summed E-state index contributed by atoms with van der Waals surface area (Å²) < 4.78 is 10.7. The summed E-state index contributed by atoms with van der Waals surface area (Å²) in [7, 11) is 0. The first-order valence-corrected chi connectivity index (χ1v) is 11.2. The summed E-state index contributed by atoms with van der Waals surface area (Å²) in [5, 5.41) is 24.3. The molecule has 0 bridgehead atoms. The molecule has 6 nitrogen and oxygen atoms in total. The van der Waals surface area contributed by atoms with E-state index in [-0.39, 0.29) is 30.6 Å². The van der Waals surface area contributed by atoms with Gasteiger partial charge in [-0.15, -0.1) is 0 Å². The summed E-state index contributed by atoms with van der Waals surface area (Å²) in [5.74, 6) is 0.469. The molecule has 0 aliphatic carbocycles. The van der Waals surface area contributed by atoms with Crippen molar-refractivity contribution in [1.82, 2.24) is 5.32 Å². The molecule has 0 amide bonds. The van der Waals surface area contributed by atoms with Crippen LogP contribution in [0.25, 0.3) is 0 Å². The van der Waals surface area contributed by atoms with Crippen LogP contribution in [0.2, 0.25) is 5.02 Å². The van der Waals surface area contributed by atoms with E-state index in [1.807, 2.05) is 32.1 Å². The molecule has 3 N–H and O–H groups in total. The van der Waals surface area contributed by atoms with Crippen molar-refractivity contribution in [3.63, 3.8) is 0 Å². The van der Waals surface area contributed by atoms with Crippen molar-refractivity contribution in [2.75, 3.05) is 13.2 Å². The van der Waals surface area contributed by atoms with Crippen molar-refractivity contribution in [2.45, 2.75) is 63.9 Å². The molecule has 0 unspecified atom stereocenters. The summed E-state index contributed by atoms with van der Waals surface area (Å²) in [5.41, 5.74) is 0. The summed E-state index contributed by atoms with van der Waals surface area (Å²) >= 11 is 5.92. The molecule has 31 heavy (non-hydrogen) atoms. The number of rotatable bonds is 12. The van der Waals surface area contributed by atoms with Crippen LogP contribution in [0.3, 0.4) is 0 Å². The van der Waals surface area contributed by atoms with Crippen molar-refractivity contribution in [2.24, 2.45) is 5.92 Å². The predicted octanol–water partition coefficient (Wildman–Crippen LogP) is 3.65. The van der Waals surface area contributed by atoms with E-state index < -0.39 is 12.2 Å². The van der Waals surface area contributed by atoms with Crippen LogP contribution >= 0.6 is 11.6 Å². The van der Waals surface area contributed by atoms with Crippen LogP contribution in [0.15, 0.2) is 48.6 Å². The third-order valence-electron chi connectivity index (χ3n) is 4.97. The molecule has 1 aromatic carbocycles. The second-order valence-corrected chi connectivity index (χ2v) is 8.46. The Hall–Kier alpha value is -1.86. The van der Waals surface area contributed by atoms with Gasteiger partial charge < -0.3 is 25.0 Å². The van der Waals surface area contributed by atoms with Gasteiger partial charge in [-0.25, -0.2) is 0 Å². The Balaban J connectivity index is 1.72. The van der Waals surface area contributed by atoms with E-state index in [9.17, 15) is 15.0 Å². The Labute approximate surface area is 189 Å². The van der Waals surface area contributed by atoms with Crippen LogP contribution in [0.5, 0.6) is 5.75 Å². The van der Waals surface area contributed by atoms with Gasteiger partial charge in [0.25, 0.3) is 0 Å². The van der Waals surface area contributed by atoms with Crippen LogP contribution in [-0.2, 0) is 9.53 Å². The molecule has 0 aromatic heterocycles. The molecule has 4 atom stereocenters. The van der Waals surface area contributed by atoms with Gasteiger partial charge in [0.15, 0.2) is 0 Å². The SMILES string of the molecule is CC(C)OC(=O)CCC/C=C/C[C@H]1[C@@H](O)CN[C@@H]1/C=C/[C@@H](O)COc1cccc(Cl)c1. The highest BCUT2D eigenvalue weighted by atomic mass is 35.5. The first-order chi connectivity index (χ1) is 14.8. The summed E-state index contributed by atoms with van der Waals surface area (Å²) in [6.45, 7) is 4.32. The summed E-state index contributed by atoms with van der Waals surface area (Å²) in [6, 6.07) is 7.01. The van der Waals surface area contributed by atoms with Gasteiger partial charge in [0, 0.05) is 29.9 Å². The lowest BCUT2D eigenvalue weighted by Crippen LogP contribution is -2.26. The lowest BCUT2D eigenvalue weighted by molar-refractivity contribution is -0.147. The lowest BCUT2D eigenvalue weighted by atomic mass is 9.93. The van der Waals surface area contributed by atoms with E-state index >= 15 is 0 Å². The number of β-amino-alcohol motifs (C(OH)–C–C–N with tert-alkyl or cyclic N) is 1. The Kier molecular flexibility index (Phi) is 11.1. The summed E-state index contributed by atoms with van der Waals surface area (Å²) in [4.78, 5) is 11.5. The van der Waals surface area contributed by atoms with Gasteiger partial charge >= 0.3 is 5.97 Å². The number of carbonyl (C=O) groups excluding carboxylic acids is 1. The van der Waals surface area contributed by atoms with Crippen molar-refractivity contribution in [1.29, 1.82) is 0 Å². The normalized spacial score (nSPS) is 22.5. The molecule has 0 radical (unpaired) electrons. The number of ether oxygens (including phenoxy) is 2. The number of hydrogen-bond acceptors (Lipinski definition) is 6. The van der Waals surface area contributed by atoms with Crippen LogP contribution < -0.4 is 10.1 Å². The average Bonchev–Trinajstić information content (AvgIpc) is 3.06. The lowest BCUT2D eigenvalue weighted by Gasteiger charge is -2.17. The van der Waals surface area contributed by atoms with Crippen LogP contribution in [-0.4, -0.2) is 53.7 Å². The number of nitrogens with one attached hydrogen (secondary N) is 1. The fourth-order valence-corrected chi connectivity index (χ4v) is 3.59. The van der Waals surface area contributed by atoms with Gasteiger partial charge in [0.1, 0.15) is 18.5 Å². The molecule has 1 aliphatic rings. The zero-order valence-electron chi connectivity index (χ0n) is 18.2. The minimum Gasteiger partial charge on any atom is -0.491 e. The smallest absolute Gasteiger partial charge is 0.306 e. The molecule has 172 valence electrons. The van der Waals surface area contributed by atoms with E-state index in [1.54, 1.807) is 30.3 Å². The molecule has 7 heteroatoms. The van der Waals surface area contributed by atoms with Crippen LogP contribution in [0, 0.1) is 5.92 Å². The van der Waals surface area contributed by atoms with Gasteiger partial charge in [-0.1, -0.05) is 42.0 Å². The Morgan fingerprint density at radius 2 is 2.16 bits per heavy atom. The maximum atomic E-state index is 11.5. The first-order valence-electron chi connectivity index (χ1n) is 10.9. The van der Waals surface area contributed by atoms with Crippen molar-refractivity contribution < 1.29 is 24.5 Å². The Morgan fingerprint density at radius 1 is 1.35 bits per heavy atom. The number of esters is 1. The van der Waals surface area contributed by atoms with Gasteiger partial charge in [0.2, 0.25) is 0 Å². The van der Waals surface area contributed by atoms with Crippen molar-refractivity contribution >= 4 is 17.6 Å². The Morgan fingerprint density at radius 3 is 2.90 bits per heavy atom. The zero-order chi connectivity index (χ0) is 22.6. The van der Waals surface area contributed by atoms with E-state index in [4.69, 9.17) is 21.1 Å². The molecule has 0 saturated carbocycles. The largest absolute Gasteiger partial charge is 0.491 e. The van der Waals surface area contributed by atoms with Gasteiger partial charge in [-0.3, -0.25) is 4.79 Å². The zero-order valence-corrected chi connectivity index (χ0v) is 19.0. The molecule has 1 saturated heterocycles. The predicted molar refractivity (Wildman–Crippen MR) is 122 cm³/mol. The molecule has 0 spiro atoms. The minimum absolute atomic E-state index is 0.0264. The number of unbranched alkanes of at least 4 members (excludes halogenated alkanes) is 1. The highest BCUT2D eigenvalue weighted by Crippen LogP contribution is 2.22. The number of carbonyl (C=O) groups is 1. The minimum atomic E-state index is -0.764. The molecule has 2 rings (SSSR count). The van der Waals surface area contributed by atoms with Crippen LogP contribution in [0.4, 0.5) is 0 Å². The topological polar surface area (TPSA) is 88.0 Å². The first kappa shape index (κ1) is 25.4. The number of benzene rings is 1. The quantitative estimate of drug-likeness (QED) is 0.255. The summed E-state index contributed by atoms with van der Waals surface area (Å²) in [6.07, 6.45) is 9.06. The Bertz CT molecular complexity index is 736. The third-order valence-corrected chi connectivity index (χ3v) is 5.20. The number of hydrogen-bond donors (Lipinski definition) is 3. The number of halogens is 1. The monoisotopic (exact) mass is 451 g/mol. The molecular formula is C24H34ClNO5. The second kappa shape index (κ2) is 13.5. The maximum absolute atomic E-state index is 11.5. The fraction of sp³-hybridized carbons (Fsp3) is 0.542. The highest BCUT2D eigenvalue weighted by molar-refractivity contribution is 6.30. The van der Waals surface area contributed by atoms with E-state index in [0.717, 1.165) is 12.8 Å². The van der Waals surface area contributed by atoms with Crippen molar-refractivity contribution in [3.05, 3.63) is 53.6 Å². The van der Waals surface area contributed by atoms with Gasteiger partial charge in [0.05, 0.1) is 12.2 Å². The number of aliphatic hydroxyl groups excluding tert-OH is 2. The average molecular weight is 452 g/mol. The number of allylic oxidation sites excluding steroid dienone is 2. The maximum Gasteiger partial charge on any atom is 0.306 e. The van der Waals surface area contributed by atoms with Crippen LogP contribution in [0.1, 0.15) is 39.5 Å².